The molecule has 148 valence electrons. The van der Waals surface area contributed by atoms with Crippen LogP contribution in [0.1, 0.15) is 31.8 Å². The molecule has 0 unspecified atom stereocenters. The van der Waals surface area contributed by atoms with Crippen LogP contribution in [-0.2, 0) is 18.0 Å². The van der Waals surface area contributed by atoms with Crippen molar-refractivity contribution in [2.75, 3.05) is 12.4 Å². The first kappa shape index (κ1) is 20.0. The first-order valence-corrected chi connectivity index (χ1v) is 8.91. The molecule has 2 aromatic carbocycles. The van der Waals surface area contributed by atoms with Crippen LogP contribution in [0.4, 0.5) is 5.69 Å². The Kier molecular flexibility index (Phi) is 6.55. The summed E-state index contributed by atoms with van der Waals surface area (Å²) in [6.07, 6.45) is 2.89. The van der Waals surface area contributed by atoms with E-state index in [2.05, 4.69) is 10.3 Å². The number of methoxy groups -OCH3 is 1. The zero-order valence-electron chi connectivity index (χ0n) is 15.9. The zero-order chi connectivity index (χ0) is 20.6. The van der Waals surface area contributed by atoms with Gasteiger partial charge in [0.1, 0.15) is 12.4 Å². The summed E-state index contributed by atoms with van der Waals surface area (Å²) in [5.41, 5.74) is 8.58. The fourth-order valence-electron chi connectivity index (χ4n) is 2.66. The van der Waals surface area contributed by atoms with E-state index < -0.39 is 5.91 Å². The number of aromatic nitrogens is 1. The molecule has 0 atom stereocenters. The molecule has 0 saturated heterocycles. The molecule has 0 aliphatic carbocycles. The molecule has 0 radical (unpaired) electrons. The van der Waals surface area contributed by atoms with Crippen molar-refractivity contribution in [3.63, 3.8) is 0 Å². The van der Waals surface area contributed by atoms with Crippen LogP contribution in [0.2, 0.25) is 0 Å². The number of anilines is 1. The van der Waals surface area contributed by atoms with Crippen LogP contribution < -0.4 is 15.8 Å². The highest BCUT2D eigenvalue weighted by Gasteiger charge is 2.08. The minimum atomic E-state index is -0.567. The number of hydrogen-bond donors (Lipinski definition) is 2. The van der Waals surface area contributed by atoms with Gasteiger partial charge in [-0.1, -0.05) is 24.3 Å². The maximum Gasteiger partial charge on any atom is 0.255 e. The molecule has 29 heavy (non-hydrogen) atoms. The van der Waals surface area contributed by atoms with Gasteiger partial charge in [0.15, 0.2) is 0 Å². The molecule has 1 heterocycles. The predicted molar refractivity (Wildman–Crippen MR) is 109 cm³/mol. The van der Waals surface area contributed by atoms with E-state index in [-0.39, 0.29) is 18.1 Å². The summed E-state index contributed by atoms with van der Waals surface area (Å²) in [6.45, 7) is 0.751. The summed E-state index contributed by atoms with van der Waals surface area (Å²) in [4.78, 5) is 27.6. The van der Waals surface area contributed by atoms with Gasteiger partial charge in [-0.05, 0) is 41.5 Å². The van der Waals surface area contributed by atoms with E-state index >= 15 is 0 Å². The molecule has 0 aliphatic rings. The first-order valence-electron chi connectivity index (χ1n) is 8.91. The van der Waals surface area contributed by atoms with Crippen LogP contribution in [0.15, 0.2) is 67.0 Å². The number of carbonyl (C=O) groups excluding carboxylic acids is 2. The molecule has 0 bridgehead atoms. The Morgan fingerprint density at radius 1 is 0.966 bits per heavy atom. The Morgan fingerprint density at radius 2 is 1.76 bits per heavy atom. The van der Waals surface area contributed by atoms with E-state index in [0.29, 0.717) is 23.6 Å². The molecule has 3 rings (SSSR count). The Balaban J connectivity index is 1.62. The highest BCUT2D eigenvalue weighted by Crippen LogP contribution is 2.17. The van der Waals surface area contributed by atoms with Gasteiger partial charge in [0.05, 0.1) is 18.4 Å². The van der Waals surface area contributed by atoms with Crippen molar-refractivity contribution in [1.29, 1.82) is 0 Å². The van der Waals surface area contributed by atoms with Crippen molar-refractivity contribution in [2.45, 2.75) is 13.2 Å². The van der Waals surface area contributed by atoms with Crippen molar-refractivity contribution in [1.82, 2.24) is 4.98 Å². The van der Waals surface area contributed by atoms with Crippen molar-refractivity contribution in [2.24, 2.45) is 5.73 Å². The molecule has 2 amide bonds. The number of carbonyl (C=O) groups is 2. The average Bonchev–Trinajstić information content (AvgIpc) is 2.73. The lowest BCUT2D eigenvalue weighted by Crippen LogP contribution is -2.12. The number of pyridine rings is 1. The summed E-state index contributed by atoms with van der Waals surface area (Å²) in [6, 6.07) is 16.1. The lowest BCUT2D eigenvalue weighted by atomic mass is 10.1. The molecule has 7 heteroatoms. The number of primary amides is 1. The number of hydrogen-bond acceptors (Lipinski definition) is 5. The molecule has 7 nitrogen and oxygen atoms in total. The van der Waals surface area contributed by atoms with Gasteiger partial charge in [-0.3, -0.25) is 14.6 Å². The lowest BCUT2D eigenvalue weighted by molar-refractivity contribution is 0.0997. The molecular weight excluding hydrogens is 370 g/mol. The Hall–Kier alpha value is -3.71. The second-order valence-electron chi connectivity index (χ2n) is 6.35. The van der Waals surface area contributed by atoms with Crippen molar-refractivity contribution < 1.29 is 19.1 Å². The zero-order valence-corrected chi connectivity index (χ0v) is 15.9. The van der Waals surface area contributed by atoms with Crippen molar-refractivity contribution >= 4 is 17.5 Å². The number of nitrogens with one attached hydrogen (secondary N) is 1. The maximum absolute atomic E-state index is 12.4. The topological polar surface area (TPSA) is 104 Å². The third kappa shape index (κ3) is 5.63. The lowest BCUT2D eigenvalue weighted by Gasteiger charge is -2.10. The van der Waals surface area contributed by atoms with Gasteiger partial charge < -0.3 is 20.5 Å². The minimum Gasteiger partial charge on any atom is -0.487 e. The van der Waals surface area contributed by atoms with Gasteiger partial charge >= 0.3 is 0 Å². The van der Waals surface area contributed by atoms with Gasteiger partial charge in [0.2, 0.25) is 5.91 Å². The Morgan fingerprint density at radius 3 is 2.48 bits per heavy atom. The molecule has 3 N–H and O–H groups in total. The number of amides is 2. The highest BCUT2D eigenvalue weighted by atomic mass is 16.5. The fraction of sp³-hybridized carbons (Fsp3) is 0.136. The van der Waals surface area contributed by atoms with E-state index in [4.69, 9.17) is 15.2 Å². The SMILES string of the molecule is COCc1ccc(C(=O)Nc2cccc(COc3cncc(C(N)=O)c3)c2)cc1. The summed E-state index contributed by atoms with van der Waals surface area (Å²) >= 11 is 0. The number of rotatable bonds is 8. The molecule has 0 saturated carbocycles. The largest absolute Gasteiger partial charge is 0.487 e. The van der Waals surface area contributed by atoms with Gasteiger partial charge in [0, 0.05) is 24.6 Å². The highest BCUT2D eigenvalue weighted by molar-refractivity contribution is 6.04. The molecule has 3 aromatic rings. The van der Waals surface area contributed by atoms with Gasteiger partial charge in [-0.15, -0.1) is 0 Å². The van der Waals surface area contributed by atoms with Crippen LogP contribution in [0.25, 0.3) is 0 Å². The van der Waals surface area contributed by atoms with E-state index in [9.17, 15) is 9.59 Å². The van der Waals surface area contributed by atoms with Gasteiger partial charge in [0.25, 0.3) is 5.91 Å². The second kappa shape index (κ2) is 9.48. The third-order valence-electron chi connectivity index (χ3n) is 4.12. The summed E-state index contributed by atoms with van der Waals surface area (Å²) in [5.74, 6) is -0.333. The molecule has 0 fully saturated rings. The van der Waals surface area contributed by atoms with E-state index in [1.165, 1.54) is 18.5 Å². The van der Waals surface area contributed by atoms with E-state index in [1.807, 2.05) is 30.3 Å². The van der Waals surface area contributed by atoms with Crippen LogP contribution in [0.5, 0.6) is 5.75 Å². The predicted octanol–water partition coefficient (Wildman–Crippen LogP) is 3.16. The monoisotopic (exact) mass is 391 g/mol. The van der Waals surface area contributed by atoms with Crippen LogP contribution in [0, 0.1) is 0 Å². The van der Waals surface area contributed by atoms with E-state index in [1.54, 1.807) is 25.3 Å². The van der Waals surface area contributed by atoms with Crippen LogP contribution in [-0.4, -0.2) is 23.9 Å². The summed E-state index contributed by atoms with van der Waals surface area (Å²) in [5, 5.41) is 2.87. The smallest absolute Gasteiger partial charge is 0.255 e. The maximum atomic E-state index is 12.4. The fourth-order valence-corrected chi connectivity index (χ4v) is 2.66. The van der Waals surface area contributed by atoms with Crippen molar-refractivity contribution in [3.05, 3.63) is 89.2 Å². The number of nitrogens with zero attached hydrogens (tertiary/aromatic N) is 1. The second-order valence-corrected chi connectivity index (χ2v) is 6.35. The number of ether oxygens (including phenoxy) is 2. The van der Waals surface area contributed by atoms with Crippen LogP contribution in [0.3, 0.4) is 0 Å². The molecule has 1 aromatic heterocycles. The Bertz CT molecular complexity index is 1000. The third-order valence-corrected chi connectivity index (χ3v) is 4.12. The van der Waals surface area contributed by atoms with Crippen LogP contribution >= 0.6 is 0 Å². The molecule has 0 aliphatic heterocycles. The van der Waals surface area contributed by atoms with E-state index in [0.717, 1.165) is 11.1 Å². The van der Waals surface area contributed by atoms with Gasteiger partial charge in [-0.25, -0.2) is 0 Å². The molecule has 0 spiro atoms. The van der Waals surface area contributed by atoms with Gasteiger partial charge in [-0.2, -0.15) is 0 Å². The standard InChI is InChI=1S/C22H21N3O4/c1-28-13-15-5-7-17(8-6-15)22(27)25-19-4-2-3-16(9-19)14-29-20-10-18(21(23)26)11-24-12-20/h2-12H,13-14H2,1H3,(H2,23,26)(H,25,27). The number of benzene rings is 2. The number of nitrogens with two attached hydrogens (primary N) is 1. The minimum absolute atomic E-state index is 0.203. The Labute approximate surface area is 168 Å². The average molecular weight is 391 g/mol. The summed E-state index contributed by atoms with van der Waals surface area (Å²) < 4.78 is 10.7. The van der Waals surface area contributed by atoms with Crippen molar-refractivity contribution in [3.8, 4) is 5.75 Å². The molecular formula is C22H21N3O4. The quantitative estimate of drug-likeness (QED) is 0.614. The first-order chi connectivity index (χ1) is 14.0. The normalized spacial score (nSPS) is 10.4. The summed E-state index contributed by atoms with van der Waals surface area (Å²) in [7, 11) is 1.63.